The number of hydrogen-bond donors (Lipinski definition) is 3. The van der Waals surface area contributed by atoms with E-state index in [2.05, 4.69) is 18.0 Å². The van der Waals surface area contributed by atoms with Crippen LogP contribution in [0.5, 0.6) is 11.5 Å². The van der Waals surface area contributed by atoms with Gasteiger partial charge in [-0.2, -0.15) is 0 Å². The van der Waals surface area contributed by atoms with Gasteiger partial charge in [0, 0.05) is 50.6 Å². The summed E-state index contributed by atoms with van der Waals surface area (Å²) >= 11 is 0. The topological polar surface area (TPSA) is 158 Å². The van der Waals surface area contributed by atoms with Crippen molar-refractivity contribution in [3.63, 3.8) is 0 Å². The highest BCUT2D eigenvalue weighted by atomic mass is 16.8. The number of nitrogens with zero attached hydrogens (tertiary/aromatic N) is 2. The number of ether oxygens (including phenoxy) is 5. The molecule has 2 aliphatic heterocycles. The summed E-state index contributed by atoms with van der Waals surface area (Å²) in [7, 11) is 0. The standard InChI is InChI=1S/C44H67N3O10/c1-7-21-47(42(51)53-29-43(4,5)6)37-28-35(46-57-38-18-12-15-25-52-38)33-26-30(16-10-13-22-48)32(17-11-14-23-49)39-34-27-31(55-41(50)45-9-3)19-20-36(34)56-44(37,40(33)39)54-24-8-2/h8,19-20,26-27,30,32,37-40,48-49H,2,7,9-18,21-25,28-29H2,1,3-6H3,(H,45,50)/t30-,32+,37-,38?,39+,40+,44+/m0/s1. The lowest BCUT2D eigenvalue weighted by molar-refractivity contribution is -0.255. The second-order valence-corrected chi connectivity index (χ2v) is 16.9. The molecule has 2 aliphatic carbocycles. The maximum absolute atomic E-state index is 14.4. The predicted molar refractivity (Wildman–Crippen MR) is 217 cm³/mol. The number of carbonyl (C=O) groups excluding carboxylic acids is 2. The van der Waals surface area contributed by atoms with Crippen LogP contribution in [0.25, 0.3) is 0 Å². The number of benzene rings is 1. The zero-order valence-electron chi connectivity index (χ0n) is 34.8. The summed E-state index contributed by atoms with van der Waals surface area (Å²) in [6.07, 6.45) is 10.6. The Hall–Kier alpha value is -3.65. The van der Waals surface area contributed by atoms with Crippen molar-refractivity contribution in [1.82, 2.24) is 10.2 Å². The van der Waals surface area contributed by atoms with E-state index in [9.17, 15) is 19.8 Å². The van der Waals surface area contributed by atoms with Gasteiger partial charge in [0.05, 0.1) is 31.5 Å². The number of hydrogen-bond acceptors (Lipinski definition) is 11. The zero-order chi connectivity index (χ0) is 41.0. The lowest BCUT2D eigenvalue weighted by Gasteiger charge is -2.60. The Morgan fingerprint density at radius 2 is 1.88 bits per heavy atom. The molecule has 0 radical (unpaired) electrons. The third kappa shape index (κ3) is 10.9. The maximum Gasteiger partial charge on any atom is 0.412 e. The Labute approximate surface area is 339 Å². The van der Waals surface area contributed by atoms with E-state index in [1.165, 1.54) is 0 Å². The lowest BCUT2D eigenvalue weighted by atomic mass is 9.55. The van der Waals surface area contributed by atoms with Crippen LogP contribution in [-0.2, 0) is 19.0 Å². The summed E-state index contributed by atoms with van der Waals surface area (Å²) in [6.45, 7) is 15.9. The van der Waals surface area contributed by atoms with E-state index in [1.54, 1.807) is 17.0 Å². The largest absolute Gasteiger partial charge is 0.459 e. The Balaban J connectivity index is 1.76. The Bertz CT molecular complexity index is 1550. The molecular weight excluding hydrogens is 730 g/mol. The number of rotatable bonds is 19. The molecule has 1 saturated carbocycles. The van der Waals surface area contributed by atoms with Gasteiger partial charge in [0.2, 0.25) is 12.1 Å². The number of fused-ring (bicyclic) bond motifs is 2. The van der Waals surface area contributed by atoms with Gasteiger partial charge in [-0.05, 0) is 92.9 Å². The quantitative estimate of drug-likeness (QED) is 0.0716. The van der Waals surface area contributed by atoms with E-state index in [0.717, 1.165) is 56.1 Å². The molecule has 1 saturated heterocycles. The van der Waals surface area contributed by atoms with Gasteiger partial charge in [0.25, 0.3) is 0 Å². The summed E-state index contributed by atoms with van der Waals surface area (Å²) in [4.78, 5) is 35.0. The van der Waals surface area contributed by atoms with Gasteiger partial charge in [-0.3, -0.25) is 4.90 Å². The van der Waals surface area contributed by atoms with Crippen molar-refractivity contribution in [3.8, 4) is 11.5 Å². The van der Waals surface area contributed by atoms with Crippen LogP contribution >= 0.6 is 0 Å². The molecule has 0 aromatic heterocycles. The molecule has 7 atom stereocenters. The van der Waals surface area contributed by atoms with Crippen LogP contribution in [0.3, 0.4) is 0 Å². The number of aliphatic hydroxyl groups excluding tert-OH is 2. The van der Waals surface area contributed by atoms with Crippen LogP contribution in [0.4, 0.5) is 9.59 Å². The molecule has 318 valence electrons. The van der Waals surface area contributed by atoms with Crippen molar-refractivity contribution in [2.75, 3.05) is 46.1 Å². The highest BCUT2D eigenvalue weighted by Crippen LogP contribution is 2.62. The molecule has 1 aromatic rings. The highest BCUT2D eigenvalue weighted by molar-refractivity contribution is 6.03. The summed E-state index contributed by atoms with van der Waals surface area (Å²) < 4.78 is 32.0. The summed E-state index contributed by atoms with van der Waals surface area (Å²) in [6, 6.07) is 4.74. The van der Waals surface area contributed by atoms with Crippen LogP contribution in [0.2, 0.25) is 0 Å². The first-order valence-corrected chi connectivity index (χ1v) is 21.2. The first kappa shape index (κ1) is 44.5. The first-order chi connectivity index (χ1) is 27.5. The van der Waals surface area contributed by atoms with Gasteiger partial charge >= 0.3 is 12.2 Å². The summed E-state index contributed by atoms with van der Waals surface area (Å²) in [5.74, 6) is -1.15. The fraction of sp³-hybridized carbons (Fsp3) is 0.705. The van der Waals surface area contributed by atoms with E-state index in [0.29, 0.717) is 56.2 Å². The first-order valence-electron chi connectivity index (χ1n) is 21.2. The fourth-order valence-corrected chi connectivity index (χ4v) is 8.89. The van der Waals surface area contributed by atoms with Crippen molar-refractivity contribution in [3.05, 3.63) is 48.1 Å². The van der Waals surface area contributed by atoms with Gasteiger partial charge in [-0.1, -0.05) is 57.8 Å². The number of carbonyl (C=O) groups is 2. The van der Waals surface area contributed by atoms with E-state index >= 15 is 0 Å². The molecule has 57 heavy (non-hydrogen) atoms. The third-order valence-corrected chi connectivity index (χ3v) is 11.3. The molecule has 2 heterocycles. The summed E-state index contributed by atoms with van der Waals surface area (Å²) in [5, 5.41) is 27.3. The second-order valence-electron chi connectivity index (χ2n) is 16.9. The molecule has 0 spiro atoms. The molecule has 13 nitrogen and oxygen atoms in total. The normalized spacial score (nSPS) is 27.3. The smallest absolute Gasteiger partial charge is 0.412 e. The molecule has 1 unspecified atom stereocenters. The molecule has 2 fully saturated rings. The molecular formula is C44H67N3O10. The van der Waals surface area contributed by atoms with Crippen molar-refractivity contribution in [2.24, 2.45) is 28.3 Å². The van der Waals surface area contributed by atoms with E-state index < -0.39 is 36.2 Å². The summed E-state index contributed by atoms with van der Waals surface area (Å²) in [5.41, 5.74) is 2.21. The van der Waals surface area contributed by atoms with E-state index in [1.807, 2.05) is 46.8 Å². The molecule has 13 heteroatoms. The van der Waals surface area contributed by atoms with Crippen LogP contribution in [0, 0.1) is 23.2 Å². The SMILES string of the molecule is C=CCO[C@@]12Oc3ccc(OC(=O)NCC)cc3[C@H]3[C@H](CCCCO)[C@@H](CCCCO)C=C(C(=NOC4CCCCO4)C[C@@H]1N(CCC)C(=O)OCC(C)(C)C)[C@H]32. The average molecular weight is 798 g/mol. The van der Waals surface area contributed by atoms with Gasteiger partial charge < -0.3 is 44.1 Å². The van der Waals surface area contributed by atoms with Crippen LogP contribution in [0.1, 0.15) is 117 Å². The Morgan fingerprint density at radius 3 is 2.54 bits per heavy atom. The monoisotopic (exact) mass is 797 g/mol. The molecule has 4 aliphatic rings. The number of nitrogens with one attached hydrogen (secondary N) is 1. The van der Waals surface area contributed by atoms with Gasteiger partial charge in [-0.25, -0.2) is 9.59 Å². The Kier molecular flexibility index (Phi) is 16.3. The number of unbranched alkanes of at least 4 members (excludes halogenated alkanes) is 2. The van der Waals surface area contributed by atoms with Gasteiger partial charge in [-0.15, -0.1) is 6.58 Å². The molecule has 0 bridgehead atoms. The van der Waals surface area contributed by atoms with Gasteiger partial charge in [0.1, 0.15) is 17.5 Å². The van der Waals surface area contributed by atoms with E-state index in [4.69, 9.17) is 33.7 Å². The number of allylic oxidation sites excluding steroid dienone is 1. The predicted octanol–water partition coefficient (Wildman–Crippen LogP) is 7.85. The average Bonchev–Trinajstić information content (AvgIpc) is 3.19. The van der Waals surface area contributed by atoms with Crippen molar-refractivity contribution in [2.45, 2.75) is 129 Å². The highest BCUT2D eigenvalue weighted by Gasteiger charge is 2.65. The second kappa shape index (κ2) is 20.9. The van der Waals surface area contributed by atoms with Crippen molar-refractivity contribution < 1.29 is 48.3 Å². The van der Waals surface area contributed by atoms with E-state index in [-0.39, 0.29) is 56.0 Å². The lowest BCUT2D eigenvalue weighted by Crippen LogP contribution is -2.70. The minimum Gasteiger partial charge on any atom is -0.459 e. The zero-order valence-corrected chi connectivity index (χ0v) is 34.8. The fourth-order valence-electron chi connectivity index (χ4n) is 8.89. The number of aliphatic hydroxyl groups is 2. The maximum atomic E-state index is 14.4. The van der Waals surface area contributed by atoms with Crippen LogP contribution in [0.15, 0.2) is 47.7 Å². The number of amides is 2. The number of oxime groups is 1. The Morgan fingerprint density at radius 1 is 1.11 bits per heavy atom. The minimum atomic E-state index is -1.42. The molecule has 2 amide bonds. The molecule has 3 N–H and O–H groups in total. The molecule has 1 aromatic carbocycles. The van der Waals surface area contributed by atoms with Crippen molar-refractivity contribution in [1.29, 1.82) is 0 Å². The van der Waals surface area contributed by atoms with Gasteiger partial charge in [0.15, 0.2) is 0 Å². The van der Waals surface area contributed by atoms with Crippen LogP contribution < -0.4 is 14.8 Å². The minimum absolute atomic E-state index is 0.0214. The van der Waals surface area contributed by atoms with Crippen molar-refractivity contribution >= 4 is 17.9 Å². The molecule has 5 rings (SSSR count). The van der Waals surface area contributed by atoms with Crippen LogP contribution in [-0.4, -0.2) is 97.3 Å². The third-order valence-electron chi connectivity index (χ3n) is 11.3.